The van der Waals surface area contributed by atoms with Gasteiger partial charge in [0.15, 0.2) is 0 Å². The van der Waals surface area contributed by atoms with E-state index in [1.165, 1.54) is 36.4 Å². The zero-order chi connectivity index (χ0) is 19.3. The second kappa shape index (κ2) is 6.01. The summed E-state index contributed by atoms with van der Waals surface area (Å²) in [4.78, 5) is 37.5. The summed E-state index contributed by atoms with van der Waals surface area (Å²) in [6, 6.07) is 12.8. The van der Waals surface area contributed by atoms with E-state index >= 15 is 0 Å². The molecule has 0 fully saturated rings. The summed E-state index contributed by atoms with van der Waals surface area (Å²) in [5.41, 5.74) is 0.525. The van der Waals surface area contributed by atoms with Gasteiger partial charge in [0, 0.05) is 23.1 Å². The smallest absolute Gasteiger partial charge is 0.423 e. The Bertz CT molecular complexity index is 1130. The van der Waals surface area contributed by atoms with E-state index < -0.39 is 23.9 Å². The highest BCUT2D eigenvalue weighted by atomic mass is 16.6. The first kappa shape index (κ1) is 16.9. The highest BCUT2D eigenvalue weighted by Crippen LogP contribution is 2.35. The Hall–Kier alpha value is -3.56. The van der Waals surface area contributed by atoms with Gasteiger partial charge in [0.25, 0.3) is 17.5 Å². The molecule has 1 aliphatic rings. The number of hydrogen-bond acceptors (Lipinski definition) is 6. The van der Waals surface area contributed by atoms with Crippen LogP contribution in [0, 0.1) is 10.1 Å². The summed E-state index contributed by atoms with van der Waals surface area (Å²) in [6.45, 7) is 0. The lowest BCUT2D eigenvalue weighted by molar-refractivity contribution is -0.384. The Morgan fingerprint density at radius 1 is 0.926 bits per heavy atom. The minimum atomic E-state index is -1.68. The summed E-state index contributed by atoms with van der Waals surface area (Å²) in [6.07, 6.45) is 0. The second-order valence-corrected chi connectivity index (χ2v) is 6.07. The molecule has 0 aliphatic carbocycles. The molecule has 2 amide bonds. The third kappa shape index (κ3) is 2.57. The lowest BCUT2D eigenvalue weighted by Gasteiger charge is -2.27. The van der Waals surface area contributed by atoms with Crippen molar-refractivity contribution >= 4 is 46.5 Å². The van der Waals surface area contributed by atoms with Crippen LogP contribution in [0.1, 0.15) is 20.7 Å². The summed E-state index contributed by atoms with van der Waals surface area (Å²) >= 11 is 0. The predicted octanol–water partition coefficient (Wildman–Crippen LogP) is 1.23. The van der Waals surface area contributed by atoms with Gasteiger partial charge in [-0.05, 0) is 29.0 Å². The van der Waals surface area contributed by atoms with E-state index in [1.807, 2.05) is 0 Å². The van der Waals surface area contributed by atoms with E-state index in [0.29, 0.717) is 10.8 Å². The van der Waals surface area contributed by atoms with Crippen LogP contribution in [0.2, 0.25) is 0 Å². The monoisotopic (exact) mass is 362 g/mol. The van der Waals surface area contributed by atoms with Crippen LogP contribution < -0.4 is 10.4 Å². The first-order chi connectivity index (χ1) is 12.9. The number of rotatable bonds is 3. The predicted molar refractivity (Wildman–Crippen MR) is 98.0 cm³/mol. The SMILES string of the molecule is O=C1c2cccc3cc([N+](=O)[O-])cc(c23)C(=O)N1c1ccc(B(O)O)cc1. The van der Waals surface area contributed by atoms with Crippen molar-refractivity contribution in [3.63, 3.8) is 0 Å². The van der Waals surface area contributed by atoms with Gasteiger partial charge < -0.3 is 10.0 Å². The molecular formula is C18H11BN2O6. The van der Waals surface area contributed by atoms with Crippen molar-refractivity contribution in [2.24, 2.45) is 0 Å². The molecule has 1 heterocycles. The average molecular weight is 362 g/mol. The summed E-state index contributed by atoms with van der Waals surface area (Å²) in [5, 5.41) is 30.4. The molecule has 1 aliphatic heterocycles. The molecule has 0 unspecified atom stereocenters. The number of non-ortho nitro benzene ring substituents is 1. The van der Waals surface area contributed by atoms with Crippen molar-refractivity contribution in [1.82, 2.24) is 0 Å². The first-order valence-corrected chi connectivity index (χ1v) is 7.94. The van der Waals surface area contributed by atoms with E-state index in [-0.39, 0.29) is 28.0 Å². The molecule has 27 heavy (non-hydrogen) atoms. The number of nitro benzene ring substituents is 1. The molecule has 0 aromatic heterocycles. The standard InChI is InChI=1S/C18H11BN2O6/c22-17-14-3-1-2-10-8-13(21(26)27)9-15(16(10)14)18(23)20(17)12-6-4-11(5-7-12)19(24)25/h1-9,24-25H. The third-order valence-corrected chi connectivity index (χ3v) is 4.49. The quantitative estimate of drug-likeness (QED) is 0.313. The Kier molecular flexibility index (Phi) is 3.76. The number of carbonyl (C=O) groups excluding carboxylic acids is 2. The number of benzene rings is 3. The van der Waals surface area contributed by atoms with Crippen molar-refractivity contribution in [1.29, 1.82) is 0 Å². The van der Waals surface area contributed by atoms with Gasteiger partial charge in [-0.2, -0.15) is 0 Å². The molecule has 0 bridgehead atoms. The number of imide groups is 1. The summed E-state index contributed by atoms with van der Waals surface area (Å²) in [7, 11) is -1.68. The van der Waals surface area contributed by atoms with Crippen LogP contribution in [0.5, 0.6) is 0 Å². The van der Waals surface area contributed by atoms with Crippen LogP contribution in [-0.2, 0) is 0 Å². The summed E-state index contributed by atoms with van der Waals surface area (Å²) in [5.74, 6) is -1.23. The van der Waals surface area contributed by atoms with Crippen LogP contribution in [0.3, 0.4) is 0 Å². The zero-order valence-electron chi connectivity index (χ0n) is 13.7. The first-order valence-electron chi connectivity index (χ1n) is 7.94. The van der Waals surface area contributed by atoms with E-state index in [0.717, 1.165) is 4.90 Å². The number of nitrogens with zero attached hydrogens (tertiary/aromatic N) is 2. The van der Waals surface area contributed by atoms with E-state index in [4.69, 9.17) is 0 Å². The fraction of sp³-hybridized carbons (Fsp3) is 0. The van der Waals surface area contributed by atoms with Crippen LogP contribution in [-0.4, -0.2) is 33.9 Å². The Morgan fingerprint density at radius 2 is 1.59 bits per heavy atom. The van der Waals surface area contributed by atoms with Crippen molar-refractivity contribution in [2.45, 2.75) is 0 Å². The van der Waals surface area contributed by atoms with Gasteiger partial charge in [0.2, 0.25) is 0 Å². The fourth-order valence-electron chi connectivity index (χ4n) is 3.23. The highest BCUT2D eigenvalue weighted by Gasteiger charge is 2.35. The van der Waals surface area contributed by atoms with Crippen LogP contribution in [0.4, 0.5) is 11.4 Å². The van der Waals surface area contributed by atoms with Crippen molar-refractivity contribution < 1.29 is 24.6 Å². The minimum absolute atomic E-state index is 0.0701. The minimum Gasteiger partial charge on any atom is -0.423 e. The second-order valence-electron chi connectivity index (χ2n) is 6.07. The van der Waals surface area contributed by atoms with Crippen molar-refractivity contribution in [3.05, 3.63) is 75.8 Å². The molecule has 0 spiro atoms. The van der Waals surface area contributed by atoms with Crippen LogP contribution in [0.15, 0.2) is 54.6 Å². The molecular weight excluding hydrogens is 351 g/mol. The molecule has 4 rings (SSSR count). The normalized spacial score (nSPS) is 13.2. The van der Waals surface area contributed by atoms with Gasteiger partial charge in [-0.3, -0.25) is 19.7 Å². The molecule has 9 heteroatoms. The van der Waals surface area contributed by atoms with Crippen molar-refractivity contribution in [3.8, 4) is 0 Å². The van der Waals surface area contributed by atoms with Gasteiger partial charge >= 0.3 is 7.12 Å². The van der Waals surface area contributed by atoms with Gasteiger partial charge in [0.1, 0.15) is 0 Å². The topological polar surface area (TPSA) is 121 Å². The molecule has 3 aromatic carbocycles. The summed E-state index contributed by atoms with van der Waals surface area (Å²) < 4.78 is 0. The van der Waals surface area contributed by atoms with E-state index in [2.05, 4.69) is 0 Å². The molecule has 132 valence electrons. The number of carbonyl (C=O) groups is 2. The molecule has 0 atom stereocenters. The van der Waals surface area contributed by atoms with Crippen LogP contribution in [0.25, 0.3) is 10.8 Å². The Labute approximate surface area is 152 Å². The van der Waals surface area contributed by atoms with E-state index in [9.17, 15) is 29.8 Å². The molecule has 0 radical (unpaired) electrons. The van der Waals surface area contributed by atoms with Gasteiger partial charge in [-0.1, -0.05) is 24.3 Å². The molecule has 0 saturated carbocycles. The van der Waals surface area contributed by atoms with Crippen molar-refractivity contribution in [2.75, 3.05) is 4.90 Å². The average Bonchev–Trinajstić information content (AvgIpc) is 2.66. The Balaban J connectivity index is 1.91. The maximum absolute atomic E-state index is 13.0. The lowest BCUT2D eigenvalue weighted by atomic mass is 9.80. The van der Waals surface area contributed by atoms with E-state index in [1.54, 1.807) is 18.2 Å². The van der Waals surface area contributed by atoms with Gasteiger partial charge in [0.05, 0.1) is 16.2 Å². The number of hydrogen-bond donors (Lipinski definition) is 2. The number of amides is 2. The molecule has 3 aromatic rings. The third-order valence-electron chi connectivity index (χ3n) is 4.49. The van der Waals surface area contributed by atoms with Gasteiger partial charge in [-0.25, -0.2) is 4.90 Å². The number of nitro groups is 1. The molecule has 8 nitrogen and oxygen atoms in total. The maximum atomic E-state index is 13.0. The van der Waals surface area contributed by atoms with Gasteiger partial charge in [-0.15, -0.1) is 0 Å². The molecule has 0 saturated heterocycles. The lowest BCUT2D eigenvalue weighted by Crippen LogP contribution is -2.40. The zero-order valence-corrected chi connectivity index (χ0v) is 13.7. The fourth-order valence-corrected chi connectivity index (χ4v) is 3.23. The largest absolute Gasteiger partial charge is 0.488 e. The Morgan fingerprint density at radius 3 is 2.22 bits per heavy atom. The van der Waals surface area contributed by atoms with Crippen LogP contribution >= 0.6 is 0 Å². The molecule has 2 N–H and O–H groups in total. The maximum Gasteiger partial charge on any atom is 0.488 e. The number of anilines is 1. The highest BCUT2D eigenvalue weighted by molar-refractivity contribution is 6.58.